The van der Waals surface area contributed by atoms with Gasteiger partial charge in [0.15, 0.2) is 5.78 Å². The normalized spacial score (nSPS) is 18.5. The van der Waals surface area contributed by atoms with Crippen molar-refractivity contribution < 1.29 is 14.4 Å². The number of hydrogen-bond acceptors (Lipinski definition) is 5. The third kappa shape index (κ3) is 5.37. The number of allylic oxidation sites excluding steroid dienone is 2. The van der Waals surface area contributed by atoms with Crippen LogP contribution >= 0.6 is 11.6 Å². The van der Waals surface area contributed by atoms with E-state index >= 15 is 0 Å². The van der Waals surface area contributed by atoms with Crippen LogP contribution in [0.1, 0.15) is 42.4 Å². The molecule has 0 spiro atoms. The molecule has 0 saturated heterocycles. The van der Waals surface area contributed by atoms with E-state index in [2.05, 4.69) is 28.7 Å². The molecule has 33 heavy (non-hydrogen) atoms. The van der Waals surface area contributed by atoms with Gasteiger partial charge in [0.2, 0.25) is 0 Å². The average molecular weight is 467 g/mol. The van der Waals surface area contributed by atoms with Gasteiger partial charge in [-0.2, -0.15) is 5.10 Å². The second kappa shape index (κ2) is 10.1. The summed E-state index contributed by atoms with van der Waals surface area (Å²) in [4.78, 5) is 42.0. The van der Waals surface area contributed by atoms with Crippen molar-refractivity contribution in [3.63, 3.8) is 0 Å². The summed E-state index contributed by atoms with van der Waals surface area (Å²) in [6.07, 6.45) is 5.34. The van der Waals surface area contributed by atoms with Crippen LogP contribution < -0.4 is 5.32 Å². The van der Waals surface area contributed by atoms with Crippen LogP contribution in [0.2, 0.25) is 5.02 Å². The Morgan fingerprint density at radius 3 is 2.55 bits per heavy atom. The van der Waals surface area contributed by atoms with Gasteiger partial charge in [0.05, 0.1) is 16.9 Å². The molecule has 1 fully saturated rings. The van der Waals surface area contributed by atoms with E-state index in [1.807, 2.05) is 26.0 Å². The molecule has 1 saturated carbocycles. The maximum Gasteiger partial charge on any atom is 0.269 e. The van der Waals surface area contributed by atoms with Gasteiger partial charge in [0, 0.05) is 25.1 Å². The molecule has 7 nitrogen and oxygen atoms in total. The molecule has 2 aromatic rings. The number of carbonyl (C=O) groups excluding carboxylic acids is 3. The van der Waals surface area contributed by atoms with Gasteiger partial charge in [-0.3, -0.25) is 19.4 Å². The molecule has 8 heteroatoms. The van der Waals surface area contributed by atoms with Gasteiger partial charge in [-0.15, -0.1) is 0 Å². The lowest BCUT2D eigenvalue weighted by Gasteiger charge is -2.17. The number of aromatic nitrogens is 2. The van der Waals surface area contributed by atoms with Crippen LogP contribution in [0.4, 0.5) is 0 Å². The Labute approximate surface area is 198 Å². The maximum atomic E-state index is 13.2. The van der Waals surface area contributed by atoms with E-state index in [1.165, 1.54) is 6.08 Å². The van der Waals surface area contributed by atoms with Gasteiger partial charge in [-0.25, -0.2) is 4.68 Å². The predicted molar refractivity (Wildman–Crippen MR) is 129 cm³/mol. The van der Waals surface area contributed by atoms with Crippen molar-refractivity contribution in [3.05, 3.63) is 70.2 Å². The quantitative estimate of drug-likeness (QED) is 0.275. The van der Waals surface area contributed by atoms with E-state index in [1.54, 1.807) is 24.0 Å². The van der Waals surface area contributed by atoms with E-state index in [-0.39, 0.29) is 36.1 Å². The van der Waals surface area contributed by atoms with Gasteiger partial charge in [-0.1, -0.05) is 23.8 Å². The third-order valence-electron chi connectivity index (χ3n) is 5.70. The van der Waals surface area contributed by atoms with Crippen LogP contribution in [0.25, 0.3) is 5.69 Å². The van der Waals surface area contributed by atoms with Gasteiger partial charge >= 0.3 is 0 Å². The van der Waals surface area contributed by atoms with Crippen molar-refractivity contribution in [1.29, 1.82) is 0 Å². The summed E-state index contributed by atoms with van der Waals surface area (Å²) in [6.45, 7) is 12.9. The fraction of sp³-hybridized carbons (Fsp3) is 0.320. The number of aliphatic imine (C=N–C) groups is 1. The third-order valence-corrected chi connectivity index (χ3v) is 5.90. The summed E-state index contributed by atoms with van der Waals surface area (Å²) >= 11 is 5.97. The molecule has 1 heterocycles. The molecule has 1 aromatic carbocycles. The molecule has 1 aliphatic carbocycles. The van der Waals surface area contributed by atoms with Crippen molar-refractivity contribution in [2.24, 2.45) is 10.9 Å². The second-order valence-electron chi connectivity index (χ2n) is 8.38. The lowest BCUT2D eigenvalue weighted by Crippen LogP contribution is -2.28. The van der Waals surface area contributed by atoms with Crippen LogP contribution in [0, 0.1) is 19.8 Å². The Kier molecular flexibility index (Phi) is 7.43. The summed E-state index contributed by atoms with van der Waals surface area (Å²) in [5.41, 5.74) is 4.11. The predicted octanol–water partition coefficient (Wildman–Crippen LogP) is 4.05. The van der Waals surface area contributed by atoms with Crippen molar-refractivity contribution in [3.8, 4) is 5.69 Å². The zero-order valence-corrected chi connectivity index (χ0v) is 19.8. The molecule has 1 aromatic heterocycles. The Morgan fingerprint density at radius 2 is 2.00 bits per heavy atom. The van der Waals surface area contributed by atoms with E-state index in [4.69, 9.17) is 11.6 Å². The van der Waals surface area contributed by atoms with Crippen molar-refractivity contribution in [2.45, 2.75) is 39.5 Å². The largest absolute Gasteiger partial charge is 0.351 e. The van der Waals surface area contributed by atoms with Crippen LogP contribution in [-0.2, 0) is 14.4 Å². The molecule has 172 valence electrons. The van der Waals surface area contributed by atoms with Crippen molar-refractivity contribution in [1.82, 2.24) is 15.1 Å². The summed E-state index contributed by atoms with van der Waals surface area (Å²) in [5.74, 6) is -1.80. The lowest BCUT2D eigenvalue weighted by atomic mass is 9.87. The monoisotopic (exact) mass is 466 g/mol. The highest BCUT2D eigenvalue weighted by Crippen LogP contribution is 2.37. The van der Waals surface area contributed by atoms with Crippen molar-refractivity contribution in [2.75, 3.05) is 6.54 Å². The average Bonchev–Trinajstić information content (AvgIpc) is 3.29. The molecule has 0 radical (unpaired) electrons. The number of carbonyl (C=O) groups is 3. The highest BCUT2D eigenvalue weighted by Gasteiger charge is 2.42. The first-order valence-corrected chi connectivity index (χ1v) is 11.0. The fourth-order valence-electron chi connectivity index (χ4n) is 4.25. The van der Waals surface area contributed by atoms with Gasteiger partial charge < -0.3 is 5.32 Å². The van der Waals surface area contributed by atoms with Gasteiger partial charge in [0.25, 0.3) is 5.91 Å². The van der Waals surface area contributed by atoms with E-state index in [0.29, 0.717) is 17.0 Å². The molecule has 1 amide bonds. The number of nitrogens with zero attached hydrogens (tertiary/aromatic N) is 3. The molecular weight excluding hydrogens is 440 g/mol. The maximum absolute atomic E-state index is 13.2. The van der Waals surface area contributed by atoms with Crippen LogP contribution in [0.5, 0.6) is 0 Å². The summed E-state index contributed by atoms with van der Waals surface area (Å²) in [5, 5.41) is 7.48. The van der Waals surface area contributed by atoms with Gasteiger partial charge in [0.1, 0.15) is 17.4 Å². The van der Waals surface area contributed by atoms with Gasteiger partial charge in [-0.05, 0) is 68.8 Å². The number of halogens is 1. The first-order valence-electron chi connectivity index (χ1n) is 10.6. The molecule has 0 aliphatic heterocycles. The first kappa shape index (κ1) is 24.3. The second-order valence-corrected chi connectivity index (χ2v) is 8.81. The SMILES string of the molecule is C=N/C(=C\C(=C)C)C(=O)NCCC1CC(=O)C(c2c(C)cc(-n3cc(Cl)cn3)cc2C)C1=O. The number of aryl methyl sites for hydroxylation is 2. The Balaban J connectivity index is 1.72. The summed E-state index contributed by atoms with van der Waals surface area (Å²) < 4.78 is 1.66. The van der Waals surface area contributed by atoms with Crippen LogP contribution in [0.15, 0.2) is 53.4 Å². The summed E-state index contributed by atoms with van der Waals surface area (Å²) in [6, 6.07) is 3.80. The minimum absolute atomic E-state index is 0.0898. The number of hydrogen-bond donors (Lipinski definition) is 1. The number of nitrogens with one attached hydrogen (secondary N) is 1. The fourth-order valence-corrected chi connectivity index (χ4v) is 4.39. The molecule has 1 aliphatic rings. The number of rotatable bonds is 8. The molecule has 0 bridgehead atoms. The molecule has 1 N–H and O–H groups in total. The lowest BCUT2D eigenvalue weighted by molar-refractivity contribution is -0.125. The standard InChI is InChI=1S/C25H27ClN4O3/c1-14(2)8-20(27-5)25(33)28-7-6-17-11-21(31)23(24(17)32)22-15(3)9-19(10-16(22)4)30-13-18(26)12-29-30/h8-10,12-13,17,23H,1,5-7,11H2,2-4H3,(H,28,33)/b20-8-. The van der Waals surface area contributed by atoms with Crippen molar-refractivity contribution >= 4 is 35.8 Å². The molecule has 2 unspecified atom stereocenters. The Hall–Kier alpha value is -3.32. The van der Waals surface area contributed by atoms with E-state index in [0.717, 1.165) is 22.4 Å². The zero-order chi connectivity index (χ0) is 24.3. The number of amides is 1. The highest BCUT2D eigenvalue weighted by molar-refractivity contribution is 6.30. The zero-order valence-electron chi connectivity index (χ0n) is 19.0. The number of benzene rings is 1. The Bertz CT molecular complexity index is 1160. The minimum Gasteiger partial charge on any atom is -0.351 e. The minimum atomic E-state index is -0.783. The topological polar surface area (TPSA) is 93.4 Å². The molecule has 3 rings (SSSR count). The van der Waals surface area contributed by atoms with Crippen LogP contribution in [0.3, 0.4) is 0 Å². The smallest absolute Gasteiger partial charge is 0.269 e. The first-order chi connectivity index (χ1) is 15.6. The number of Topliss-reactive ketones (excluding diaryl/α,β-unsaturated/α-hetero) is 2. The van der Waals surface area contributed by atoms with E-state index < -0.39 is 11.8 Å². The van der Waals surface area contributed by atoms with E-state index in [9.17, 15) is 14.4 Å². The highest BCUT2D eigenvalue weighted by atomic mass is 35.5. The molecular formula is C25H27ClN4O3. The molecule has 2 atom stereocenters. The number of ketones is 2. The Morgan fingerprint density at radius 1 is 1.33 bits per heavy atom. The van der Waals surface area contributed by atoms with Crippen LogP contribution in [-0.4, -0.2) is 40.5 Å². The summed E-state index contributed by atoms with van der Waals surface area (Å²) in [7, 11) is 0.